The standard InChI is InChI=1S/C14H17ClO4S/c1-4-19-13(17)14(2,3)12(16)9-20(18)11-7-5-10(15)6-8-11/h5-8H,4,9H2,1-3H3. The third-order valence-electron chi connectivity index (χ3n) is 2.82. The van der Waals surface area contributed by atoms with Crippen molar-refractivity contribution in [3.63, 3.8) is 0 Å². The SMILES string of the molecule is CCOC(=O)C(C)(C)C(=O)CS(=O)c1ccc(Cl)cc1. The molecule has 1 aromatic rings. The van der Waals surface area contributed by atoms with Gasteiger partial charge in [0.1, 0.15) is 5.41 Å². The van der Waals surface area contributed by atoms with Crippen LogP contribution in [0.3, 0.4) is 0 Å². The zero-order chi connectivity index (χ0) is 15.3. The van der Waals surface area contributed by atoms with E-state index in [0.29, 0.717) is 9.92 Å². The fraction of sp³-hybridized carbons (Fsp3) is 0.429. The smallest absolute Gasteiger partial charge is 0.319 e. The van der Waals surface area contributed by atoms with Crippen molar-refractivity contribution >= 4 is 34.2 Å². The van der Waals surface area contributed by atoms with Crippen LogP contribution in [-0.2, 0) is 25.1 Å². The summed E-state index contributed by atoms with van der Waals surface area (Å²) in [6.07, 6.45) is 0. The average molecular weight is 317 g/mol. The predicted molar refractivity (Wildman–Crippen MR) is 78.1 cm³/mol. The summed E-state index contributed by atoms with van der Waals surface area (Å²) in [5.41, 5.74) is -1.29. The zero-order valence-corrected chi connectivity index (χ0v) is 13.2. The number of ketones is 1. The number of benzene rings is 1. The summed E-state index contributed by atoms with van der Waals surface area (Å²) in [7, 11) is -1.50. The number of rotatable bonds is 6. The average Bonchev–Trinajstić information content (AvgIpc) is 2.39. The highest BCUT2D eigenvalue weighted by Gasteiger charge is 2.37. The van der Waals surface area contributed by atoms with Crippen LogP contribution < -0.4 is 0 Å². The second kappa shape index (κ2) is 6.99. The predicted octanol–water partition coefficient (Wildman–Crippen LogP) is 2.61. The molecule has 0 aliphatic carbocycles. The van der Waals surface area contributed by atoms with Crippen molar-refractivity contribution in [2.75, 3.05) is 12.4 Å². The first kappa shape index (κ1) is 16.9. The number of ether oxygens (including phenoxy) is 1. The van der Waals surface area contributed by atoms with E-state index in [1.54, 1.807) is 31.2 Å². The summed E-state index contributed by atoms with van der Waals surface area (Å²) >= 11 is 5.74. The molecule has 0 aliphatic heterocycles. The summed E-state index contributed by atoms with van der Waals surface area (Å²) in [5.74, 6) is -1.24. The van der Waals surface area contributed by atoms with Gasteiger partial charge in [-0.3, -0.25) is 13.8 Å². The van der Waals surface area contributed by atoms with Crippen LogP contribution in [0.1, 0.15) is 20.8 Å². The first-order chi connectivity index (χ1) is 9.28. The molecular weight excluding hydrogens is 300 g/mol. The molecule has 0 amide bonds. The Kier molecular flexibility index (Phi) is 5.89. The second-order valence-electron chi connectivity index (χ2n) is 4.71. The van der Waals surface area contributed by atoms with E-state index in [0.717, 1.165) is 0 Å². The van der Waals surface area contributed by atoms with Gasteiger partial charge in [-0.25, -0.2) is 0 Å². The van der Waals surface area contributed by atoms with Gasteiger partial charge in [-0.05, 0) is 45.0 Å². The van der Waals surface area contributed by atoms with E-state index in [-0.39, 0.29) is 12.4 Å². The maximum absolute atomic E-state index is 12.1. The molecule has 0 saturated carbocycles. The molecule has 20 heavy (non-hydrogen) atoms. The lowest BCUT2D eigenvalue weighted by atomic mass is 9.89. The van der Waals surface area contributed by atoms with Gasteiger partial charge in [-0.2, -0.15) is 0 Å². The lowest BCUT2D eigenvalue weighted by Crippen LogP contribution is -2.37. The molecule has 0 heterocycles. The van der Waals surface area contributed by atoms with Gasteiger partial charge < -0.3 is 4.74 Å². The summed E-state index contributed by atoms with van der Waals surface area (Å²) in [5, 5.41) is 0.531. The summed E-state index contributed by atoms with van der Waals surface area (Å²) in [4.78, 5) is 24.3. The fourth-order valence-corrected chi connectivity index (χ4v) is 2.73. The minimum atomic E-state index is -1.50. The molecule has 0 radical (unpaired) electrons. The van der Waals surface area contributed by atoms with Crippen LogP contribution in [0, 0.1) is 5.41 Å². The molecule has 0 saturated heterocycles. The molecule has 4 nitrogen and oxygen atoms in total. The highest BCUT2D eigenvalue weighted by molar-refractivity contribution is 7.85. The largest absolute Gasteiger partial charge is 0.465 e. The fourth-order valence-electron chi connectivity index (χ4n) is 1.39. The van der Waals surface area contributed by atoms with Gasteiger partial charge in [0, 0.05) is 9.92 Å². The summed E-state index contributed by atoms with van der Waals surface area (Å²) in [6, 6.07) is 6.41. The van der Waals surface area contributed by atoms with Crippen molar-refractivity contribution in [2.45, 2.75) is 25.7 Å². The van der Waals surface area contributed by atoms with Crippen LogP contribution in [-0.4, -0.2) is 28.3 Å². The quantitative estimate of drug-likeness (QED) is 0.598. The normalized spacial score (nSPS) is 12.8. The minimum absolute atomic E-state index is 0.204. The molecule has 6 heteroatoms. The van der Waals surface area contributed by atoms with Gasteiger partial charge >= 0.3 is 5.97 Å². The third kappa shape index (κ3) is 4.15. The van der Waals surface area contributed by atoms with Gasteiger partial charge in [0.15, 0.2) is 5.78 Å². The molecule has 1 rings (SSSR count). The molecule has 0 fully saturated rings. The van der Waals surface area contributed by atoms with Gasteiger partial charge in [0.2, 0.25) is 0 Å². The van der Waals surface area contributed by atoms with Gasteiger partial charge in [0.05, 0.1) is 23.2 Å². The molecule has 1 atom stereocenters. The Morgan fingerprint density at radius 3 is 2.30 bits per heavy atom. The van der Waals surface area contributed by atoms with Crippen molar-refractivity contribution in [2.24, 2.45) is 5.41 Å². The number of halogens is 1. The first-order valence-electron chi connectivity index (χ1n) is 6.13. The van der Waals surface area contributed by atoms with Crippen LogP contribution >= 0.6 is 11.6 Å². The highest BCUT2D eigenvalue weighted by atomic mass is 35.5. The second-order valence-corrected chi connectivity index (χ2v) is 6.60. The number of carbonyl (C=O) groups excluding carboxylic acids is 2. The molecule has 0 aliphatic rings. The highest BCUT2D eigenvalue weighted by Crippen LogP contribution is 2.21. The Labute approximate surface area is 125 Å². The van der Waals surface area contributed by atoms with Crippen LogP contribution in [0.25, 0.3) is 0 Å². The van der Waals surface area contributed by atoms with Crippen molar-refractivity contribution in [1.82, 2.24) is 0 Å². The molecule has 1 unspecified atom stereocenters. The van der Waals surface area contributed by atoms with Gasteiger partial charge in [0.25, 0.3) is 0 Å². The van der Waals surface area contributed by atoms with E-state index >= 15 is 0 Å². The Morgan fingerprint density at radius 2 is 1.80 bits per heavy atom. The van der Waals surface area contributed by atoms with Crippen molar-refractivity contribution in [3.05, 3.63) is 29.3 Å². The van der Waals surface area contributed by atoms with Gasteiger partial charge in [-0.1, -0.05) is 11.6 Å². The van der Waals surface area contributed by atoms with E-state index < -0.39 is 28.0 Å². The monoisotopic (exact) mass is 316 g/mol. The molecule has 110 valence electrons. The Morgan fingerprint density at radius 1 is 1.25 bits per heavy atom. The molecule has 0 spiro atoms. The maximum Gasteiger partial charge on any atom is 0.319 e. The van der Waals surface area contributed by atoms with E-state index in [2.05, 4.69) is 0 Å². The number of carbonyl (C=O) groups is 2. The zero-order valence-electron chi connectivity index (χ0n) is 11.6. The van der Waals surface area contributed by atoms with E-state index in [1.165, 1.54) is 13.8 Å². The topological polar surface area (TPSA) is 60.4 Å². The van der Waals surface area contributed by atoms with Crippen LogP contribution in [0.2, 0.25) is 5.02 Å². The summed E-state index contributed by atoms with van der Waals surface area (Å²) < 4.78 is 16.9. The maximum atomic E-state index is 12.1. The molecule has 0 N–H and O–H groups in total. The van der Waals surface area contributed by atoms with Crippen molar-refractivity contribution < 1.29 is 18.5 Å². The summed E-state index contributed by atoms with van der Waals surface area (Å²) in [6.45, 7) is 4.83. The molecule has 1 aromatic carbocycles. The van der Waals surface area contributed by atoms with Crippen LogP contribution in [0.15, 0.2) is 29.2 Å². The lowest BCUT2D eigenvalue weighted by Gasteiger charge is -2.20. The minimum Gasteiger partial charge on any atom is -0.465 e. The van der Waals surface area contributed by atoms with Crippen molar-refractivity contribution in [1.29, 1.82) is 0 Å². The van der Waals surface area contributed by atoms with Crippen LogP contribution in [0.5, 0.6) is 0 Å². The van der Waals surface area contributed by atoms with Crippen LogP contribution in [0.4, 0.5) is 0 Å². The Bertz CT molecular complexity index is 522. The Balaban J connectivity index is 2.77. The third-order valence-corrected chi connectivity index (χ3v) is 4.40. The van der Waals surface area contributed by atoms with Crippen molar-refractivity contribution in [3.8, 4) is 0 Å². The molecule has 0 aromatic heterocycles. The first-order valence-corrected chi connectivity index (χ1v) is 7.83. The van der Waals surface area contributed by atoms with E-state index in [9.17, 15) is 13.8 Å². The molecule has 0 bridgehead atoms. The van der Waals surface area contributed by atoms with Gasteiger partial charge in [-0.15, -0.1) is 0 Å². The lowest BCUT2D eigenvalue weighted by molar-refractivity contribution is -0.157. The molecular formula is C14H17ClO4S. The van der Waals surface area contributed by atoms with E-state index in [4.69, 9.17) is 16.3 Å². The Hall–Kier alpha value is -1.20. The van der Waals surface area contributed by atoms with E-state index in [1.807, 2.05) is 0 Å². The number of hydrogen-bond donors (Lipinski definition) is 0. The number of hydrogen-bond acceptors (Lipinski definition) is 4. The number of esters is 1. The number of Topliss-reactive ketones (excluding diaryl/α,β-unsaturated/α-hetero) is 1.